The Hall–Kier alpha value is -8.20. The van der Waals surface area contributed by atoms with Crippen molar-refractivity contribution >= 4 is 38.9 Å². The SMILES string of the molecule is [2H]c1c([2H])c([2H])c(-c2c([2H])c([2H])c([2H])c([2H])c2-c2c([2H])c([2H])c(N(c3c([2H])c([2H])c(-c4ccc5c(c4)c4ccccc4n5-c4ccccc4-c4ccccc4)c([2H])c3[2H])c3c([2H])c([2H])c4c(c3[2H])C(C([2H])([2H])[2H])(C([2H])([2H])[2H])c3c([2H])c([2H])c([2H])c([2H])c3-4)c([2H])c2[2H])c([2H])c1[2H]. The first kappa shape index (κ1) is 18.5. The average Bonchev–Trinajstić information content (AvgIpc) is 1.51. The van der Waals surface area contributed by atoms with Crippen LogP contribution in [0.25, 0.3) is 83.1 Å². The van der Waals surface area contributed by atoms with Crippen LogP contribution in [0.1, 0.15) is 66.0 Å². The van der Waals surface area contributed by atoms with Gasteiger partial charge in [0.2, 0.25) is 0 Å². The normalized spacial score (nSPS) is 19.5. The van der Waals surface area contributed by atoms with E-state index in [4.69, 9.17) is 24.7 Å². The van der Waals surface area contributed by atoms with Gasteiger partial charge in [-0.3, -0.25) is 0 Å². The van der Waals surface area contributed by atoms with Gasteiger partial charge in [0, 0.05) is 47.0 Å². The Kier molecular flexibility index (Phi) is 4.42. The van der Waals surface area contributed by atoms with E-state index in [1.165, 1.54) is 6.07 Å². The summed E-state index contributed by atoms with van der Waals surface area (Å²) < 4.78 is 279. The Morgan fingerprint density at radius 3 is 1.74 bits per heavy atom. The van der Waals surface area contributed by atoms with E-state index in [9.17, 15) is 16.4 Å². The van der Waals surface area contributed by atoms with E-state index in [0.29, 0.717) is 21.2 Å². The van der Waals surface area contributed by atoms with E-state index in [-0.39, 0.29) is 5.56 Å². The molecule has 1 aliphatic rings. The summed E-state index contributed by atoms with van der Waals surface area (Å²) in [7, 11) is 0. The molecule has 0 radical (unpaired) electrons. The number of hydrogen-bond acceptors (Lipinski definition) is 1. The van der Waals surface area contributed by atoms with Crippen LogP contribution in [0.5, 0.6) is 0 Å². The predicted octanol–water partition coefficient (Wildman–Crippen LogP) is 17.2. The van der Waals surface area contributed by atoms with Crippen LogP contribution in [-0.2, 0) is 5.41 Å². The van der Waals surface area contributed by atoms with Crippen molar-refractivity contribution in [3.63, 3.8) is 0 Å². The number of hydrogen-bond donors (Lipinski definition) is 0. The first-order valence-corrected chi connectivity index (χ1v) is 20.1. The van der Waals surface area contributed by atoms with Crippen molar-refractivity contribution in [3.8, 4) is 61.3 Å². The highest BCUT2D eigenvalue weighted by atomic mass is 15.1. The molecule has 1 aromatic heterocycles. The first-order chi connectivity index (χ1) is 44.5. The van der Waals surface area contributed by atoms with Gasteiger partial charge in [0.25, 0.3) is 0 Å². The minimum atomic E-state index is -3.99. The van der Waals surface area contributed by atoms with Gasteiger partial charge >= 0.3 is 0 Å². The van der Waals surface area contributed by atoms with Crippen LogP contribution in [-0.4, -0.2) is 4.57 Å². The van der Waals surface area contributed by atoms with Gasteiger partial charge < -0.3 is 9.47 Å². The maximum Gasteiger partial charge on any atom is 0.0648 e. The second-order valence-electron chi connectivity index (χ2n) is 15.0. The molecule has 0 spiro atoms. The molecule has 12 rings (SSSR count). The summed E-state index contributed by atoms with van der Waals surface area (Å²) in [4.78, 5) is 0.303. The second kappa shape index (κ2) is 15.6. The highest BCUT2D eigenvalue weighted by Gasteiger charge is 2.35. The standard InChI is InChI=1S/C63H46N2/c1-63(2)58-26-14-11-24-54(58)55-39-38-50(42-59(55)63)64(49-36-31-46(32-37-49)52-22-10-9-21-51(52)44-17-5-3-6-18-44)48-34-29-43(30-35-48)47-33-40-62-57(41-47)56-25-13-16-28-61(56)65(62)60-27-15-12-23-53(60)45-19-7-4-8-20-45/h3-42H,1-2H3/i1D3,2D3,3D,5D,6D,9D,10D,11D,14D,17D,18D,21D,22D,24D,26D,29D,30D,31D,32D,34D,35D,36D,37D,38D,39D,42D. The average molecular weight is 861 g/mol. The summed E-state index contributed by atoms with van der Waals surface area (Å²) in [5.41, 5.74) is -11.8. The van der Waals surface area contributed by atoms with Gasteiger partial charge in [-0.15, -0.1) is 0 Å². The largest absolute Gasteiger partial charge is 0.310 e. The number of rotatable bonds is 8. The lowest BCUT2D eigenvalue weighted by atomic mass is 9.82. The van der Waals surface area contributed by atoms with Crippen molar-refractivity contribution in [2.24, 2.45) is 0 Å². The molecule has 2 nitrogen and oxygen atoms in total. The fourth-order valence-electron chi connectivity index (χ4n) is 8.30. The summed E-state index contributed by atoms with van der Waals surface area (Å²) >= 11 is 0. The van der Waals surface area contributed by atoms with E-state index in [0.717, 1.165) is 22.3 Å². The molecule has 0 atom stereocenters. The van der Waals surface area contributed by atoms with E-state index in [2.05, 4.69) is 0 Å². The molecule has 0 N–H and O–H groups in total. The number of benzene rings is 10. The molecule has 10 aromatic carbocycles. The Balaban J connectivity index is 1.20. The molecule has 1 heterocycles. The van der Waals surface area contributed by atoms with Gasteiger partial charge in [0.1, 0.15) is 0 Å². The fourth-order valence-corrected chi connectivity index (χ4v) is 8.30. The molecule has 1 aliphatic carbocycles. The molecule has 0 aliphatic heterocycles. The third-order valence-electron chi connectivity index (χ3n) is 11.3. The minimum Gasteiger partial charge on any atom is -0.310 e. The van der Waals surface area contributed by atoms with Crippen molar-refractivity contribution in [2.45, 2.75) is 19.1 Å². The van der Waals surface area contributed by atoms with Crippen LogP contribution >= 0.6 is 0 Å². The zero-order chi connectivity index (χ0) is 69.4. The number of para-hydroxylation sites is 2. The van der Waals surface area contributed by atoms with Crippen LogP contribution < -0.4 is 4.90 Å². The highest BCUT2D eigenvalue weighted by molar-refractivity contribution is 6.11. The zero-order valence-electron chi connectivity index (χ0n) is 63.6. The Bertz CT molecular complexity index is 5120. The lowest BCUT2D eigenvalue weighted by Crippen LogP contribution is -2.16. The number of anilines is 3. The van der Waals surface area contributed by atoms with Gasteiger partial charge in [0.05, 0.1) is 49.6 Å². The molecule has 0 unspecified atom stereocenters. The molecule has 2 heteroatoms. The number of nitrogens with zero attached hydrogens (tertiary/aromatic N) is 2. The maximum absolute atomic E-state index is 10.2. The summed E-state index contributed by atoms with van der Waals surface area (Å²) in [6.45, 7) is -7.98. The summed E-state index contributed by atoms with van der Waals surface area (Å²) in [5, 5.41) is 1.26. The van der Waals surface area contributed by atoms with E-state index in [1.807, 2.05) is 77.4 Å². The van der Waals surface area contributed by atoms with E-state index < -0.39 is 231 Å². The third-order valence-corrected chi connectivity index (χ3v) is 11.3. The molecule has 308 valence electrons. The van der Waals surface area contributed by atoms with Crippen molar-refractivity contribution in [1.82, 2.24) is 4.57 Å². The lowest BCUT2D eigenvalue weighted by molar-refractivity contribution is 0.660. The molecule has 0 saturated carbocycles. The Labute approximate surface area is 423 Å². The molecule has 11 aromatic rings. The number of aromatic nitrogens is 1. The van der Waals surface area contributed by atoms with Crippen molar-refractivity contribution in [1.29, 1.82) is 0 Å². The van der Waals surface area contributed by atoms with E-state index in [1.54, 1.807) is 18.2 Å². The van der Waals surface area contributed by atoms with Crippen LogP contribution in [0, 0.1) is 0 Å². The van der Waals surface area contributed by atoms with Crippen LogP contribution in [0.4, 0.5) is 17.1 Å². The van der Waals surface area contributed by atoms with Crippen molar-refractivity contribution in [2.75, 3.05) is 4.90 Å². The molecule has 0 fully saturated rings. The van der Waals surface area contributed by atoms with Gasteiger partial charge in [-0.25, -0.2) is 0 Å². The van der Waals surface area contributed by atoms with E-state index >= 15 is 0 Å². The summed E-state index contributed by atoms with van der Waals surface area (Å²) in [6, 6.07) is 2.38. The lowest BCUT2D eigenvalue weighted by Gasteiger charge is -2.28. The minimum absolute atomic E-state index is 0.0777. The Morgan fingerprint density at radius 1 is 0.400 bits per heavy atom. The van der Waals surface area contributed by atoms with Gasteiger partial charge in [0.15, 0.2) is 0 Å². The molecule has 0 saturated heterocycles. The van der Waals surface area contributed by atoms with Crippen LogP contribution in [0.15, 0.2) is 242 Å². The maximum atomic E-state index is 10.2. The topological polar surface area (TPSA) is 8.17 Å². The van der Waals surface area contributed by atoms with Gasteiger partial charge in [-0.05, 0) is 122 Å². The molecular weight excluding hydrogens is 785 g/mol. The zero-order valence-corrected chi connectivity index (χ0v) is 33.6. The van der Waals surface area contributed by atoms with Gasteiger partial charge in [-0.1, -0.05) is 195 Å². The molecular formula is C63H46N2. The summed E-state index contributed by atoms with van der Waals surface area (Å²) in [5.74, 6) is 0. The molecule has 65 heavy (non-hydrogen) atoms. The second-order valence-corrected chi connectivity index (χ2v) is 15.0. The number of fused-ring (bicyclic) bond motifs is 6. The summed E-state index contributed by atoms with van der Waals surface area (Å²) in [6.07, 6.45) is 0. The predicted molar refractivity (Wildman–Crippen MR) is 275 cm³/mol. The smallest absolute Gasteiger partial charge is 0.0648 e. The van der Waals surface area contributed by atoms with Crippen LogP contribution in [0.3, 0.4) is 0 Å². The monoisotopic (exact) mass is 861 g/mol. The third kappa shape index (κ3) is 6.49. The van der Waals surface area contributed by atoms with Crippen molar-refractivity contribution in [3.05, 3.63) is 253 Å². The van der Waals surface area contributed by atoms with Crippen LogP contribution in [0.2, 0.25) is 0 Å². The fraction of sp³-hybridized carbons (Fsp3) is 0.0476. The quantitative estimate of drug-likeness (QED) is 0.148. The molecule has 0 bridgehead atoms. The molecule has 0 amide bonds. The highest BCUT2D eigenvalue weighted by Crippen LogP contribution is 2.51. The van der Waals surface area contributed by atoms with Gasteiger partial charge in [-0.2, -0.15) is 0 Å². The Morgan fingerprint density at radius 2 is 0.985 bits per heavy atom. The van der Waals surface area contributed by atoms with Crippen molar-refractivity contribution < 1.29 is 41.1 Å². The first-order valence-electron chi connectivity index (χ1n) is 35.1.